The van der Waals surface area contributed by atoms with Crippen LogP contribution in [-0.4, -0.2) is 54.5 Å². The Bertz CT molecular complexity index is 1680. The van der Waals surface area contributed by atoms with E-state index in [4.69, 9.17) is 16.7 Å². The quantitative estimate of drug-likeness (QED) is 0.343. The van der Waals surface area contributed by atoms with Gasteiger partial charge in [0.15, 0.2) is 0 Å². The second-order valence-corrected chi connectivity index (χ2v) is 9.27. The number of halogens is 1. The van der Waals surface area contributed by atoms with E-state index in [2.05, 4.69) is 26.9 Å². The third kappa shape index (κ3) is 5.29. The van der Waals surface area contributed by atoms with Crippen LogP contribution in [0.2, 0.25) is 5.02 Å². The number of hydrogen-bond donors (Lipinski definition) is 2. The Balaban J connectivity index is 1.47. The average molecular weight is 554 g/mol. The number of carbonyl (C=O) groups excluding carboxylic acids is 2. The van der Waals surface area contributed by atoms with Crippen LogP contribution in [0.3, 0.4) is 0 Å². The van der Waals surface area contributed by atoms with Gasteiger partial charge in [0.1, 0.15) is 12.4 Å². The van der Waals surface area contributed by atoms with Crippen LogP contribution in [0.5, 0.6) is 0 Å². The molecule has 1 atom stereocenters. The maximum Gasteiger partial charge on any atom is 0.335 e. The molecule has 198 valence electrons. The van der Waals surface area contributed by atoms with Gasteiger partial charge in [-0.1, -0.05) is 23.7 Å². The van der Waals surface area contributed by atoms with E-state index in [0.717, 1.165) is 0 Å². The Labute approximate surface area is 232 Å². The second-order valence-electron chi connectivity index (χ2n) is 8.83. The first-order chi connectivity index (χ1) is 19.4. The van der Waals surface area contributed by atoms with Crippen molar-refractivity contribution < 1.29 is 19.5 Å². The van der Waals surface area contributed by atoms with E-state index < -0.39 is 23.8 Å². The summed E-state index contributed by atoms with van der Waals surface area (Å²) in [6.07, 6.45) is 4.73. The first kappa shape index (κ1) is 26.3. The van der Waals surface area contributed by atoms with Crippen molar-refractivity contribution in [2.24, 2.45) is 0 Å². The molecule has 0 radical (unpaired) electrons. The van der Waals surface area contributed by atoms with E-state index in [-0.39, 0.29) is 12.1 Å². The number of anilines is 1. The topological polar surface area (TPSA) is 154 Å². The number of amides is 2. The molecule has 1 unspecified atom stereocenters. The molecule has 0 spiro atoms. The molecule has 3 aromatic carbocycles. The zero-order chi connectivity index (χ0) is 28.2. The van der Waals surface area contributed by atoms with E-state index in [9.17, 15) is 19.6 Å². The number of carboxylic acid groups (broad SMARTS) is 1. The van der Waals surface area contributed by atoms with E-state index in [1.807, 2.05) is 0 Å². The minimum Gasteiger partial charge on any atom is -0.478 e. The van der Waals surface area contributed by atoms with Crippen LogP contribution in [0.25, 0.3) is 11.8 Å². The first-order valence-corrected chi connectivity index (χ1v) is 12.4. The molecule has 11 nitrogen and oxygen atoms in total. The van der Waals surface area contributed by atoms with Crippen molar-refractivity contribution >= 4 is 41.1 Å². The smallest absolute Gasteiger partial charge is 0.335 e. The number of nitrogens with zero attached hydrogens (tertiary/aromatic N) is 6. The molecule has 2 amide bonds. The molecule has 2 heterocycles. The maximum atomic E-state index is 13.6. The van der Waals surface area contributed by atoms with Crippen molar-refractivity contribution in [3.8, 4) is 11.8 Å². The van der Waals surface area contributed by atoms with E-state index in [0.29, 0.717) is 45.1 Å². The molecular weight excluding hydrogens is 534 g/mol. The van der Waals surface area contributed by atoms with Crippen LogP contribution >= 0.6 is 11.6 Å². The van der Waals surface area contributed by atoms with Gasteiger partial charge in [-0.15, -0.1) is 5.10 Å². The van der Waals surface area contributed by atoms with E-state index in [1.54, 1.807) is 42.5 Å². The maximum absolute atomic E-state index is 13.6. The number of nitriles is 1. The highest BCUT2D eigenvalue weighted by Gasteiger charge is 2.36. The van der Waals surface area contributed by atoms with Crippen LogP contribution in [0.15, 0.2) is 73.1 Å². The van der Waals surface area contributed by atoms with E-state index in [1.165, 1.54) is 46.3 Å². The van der Waals surface area contributed by atoms with Gasteiger partial charge in [0.05, 0.1) is 22.9 Å². The van der Waals surface area contributed by atoms with Crippen molar-refractivity contribution in [1.82, 2.24) is 25.1 Å². The lowest BCUT2D eigenvalue weighted by Crippen LogP contribution is -2.45. The summed E-state index contributed by atoms with van der Waals surface area (Å²) in [5, 5.41) is 33.2. The molecule has 40 heavy (non-hydrogen) atoms. The molecule has 5 rings (SSSR count). The second kappa shape index (κ2) is 11.2. The molecule has 0 bridgehead atoms. The lowest BCUT2D eigenvalue weighted by Gasteiger charge is -2.36. The lowest BCUT2D eigenvalue weighted by atomic mass is 9.88. The fourth-order valence-corrected chi connectivity index (χ4v) is 4.78. The normalized spacial score (nSPS) is 14.4. The fourth-order valence-electron chi connectivity index (χ4n) is 4.60. The predicted molar refractivity (Wildman–Crippen MR) is 145 cm³/mol. The van der Waals surface area contributed by atoms with Gasteiger partial charge in [0, 0.05) is 28.9 Å². The summed E-state index contributed by atoms with van der Waals surface area (Å²) in [6.45, 7) is 0.195. The predicted octanol–water partition coefficient (Wildman–Crippen LogP) is 3.66. The summed E-state index contributed by atoms with van der Waals surface area (Å²) in [7, 11) is 0. The summed E-state index contributed by atoms with van der Waals surface area (Å²) in [6, 6.07) is 17.0. The number of hydrogen-bond acceptors (Lipinski definition) is 7. The van der Waals surface area contributed by atoms with Gasteiger partial charge in [-0.25, -0.2) is 4.79 Å². The van der Waals surface area contributed by atoms with Gasteiger partial charge in [-0.05, 0) is 82.6 Å². The Kier molecular flexibility index (Phi) is 7.35. The number of rotatable bonds is 6. The number of carbonyl (C=O) groups is 3. The van der Waals surface area contributed by atoms with Gasteiger partial charge >= 0.3 is 5.97 Å². The minimum atomic E-state index is -1.09. The van der Waals surface area contributed by atoms with Crippen molar-refractivity contribution in [3.05, 3.63) is 106 Å². The molecule has 4 aromatic rings. The summed E-state index contributed by atoms with van der Waals surface area (Å²) >= 11 is 6.19. The summed E-state index contributed by atoms with van der Waals surface area (Å²) in [5.74, 6) is -2.02. The first-order valence-electron chi connectivity index (χ1n) is 12.0. The molecule has 1 aliphatic rings. The van der Waals surface area contributed by atoms with Gasteiger partial charge in [-0.2, -0.15) is 9.94 Å². The molecule has 1 aliphatic heterocycles. The number of fused-ring (bicyclic) bond motifs is 1. The minimum absolute atomic E-state index is 0.0728. The number of nitrogens with one attached hydrogen (secondary N) is 1. The third-order valence-corrected chi connectivity index (χ3v) is 6.70. The van der Waals surface area contributed by atoms with Crippen molar-refractivity contribution in [2.45, 2.75) is 12.5 Å². The van der Waals surface area contributed by atoms with Crippen molar-refractivity contribution in [3.63, 3.8) is 0 Å². The van der Waals surface area contributed by atoms with Gasteiger partial charge in [0.25, 0.3) is 5.91 Å². The highest BCUT2D eigenvalue weighted by atomic mass is 35.5. The number of aromatic carboxylic acids is 1. The Morgan fingerprint density at radius 1 is 1.12 bits per heavy atom. The van der Waals surface area contributed by atoms with Crippen LogP contribution in [0.4, 0.5) is 5.69 Å². The Morgan fingerprint density at radius 3 is 2.62 bits per heavy atom. The van der Waals surface area contributed by atoms with Crippen molar-refractivity contribution in [2.75, 3.05) is 11.9 Å². The number of tetrazole rings is 1. The standard InChI is InChI=1S/C28H20ClN7O4/c29-20-7-10-24(36-16-31-33-34-36)18(14-20)6-11-25(37)35-13-12-22-19(15-30)2-1-3-23(22)26(35)27(38)32-21-8-4-17(5-9-21)28(39)40/h1-11,14,16,26H,12-13H2,(H,32,38)(H,39,40)/b11-6+. The molecule has 0 saturated carbocycles. The van der Waals surface area contributed by atoms with Crippen LogP contribution < -0.4 is 5.32 Å². The van der Waals surface area contributed by atoms with Gasteiger partial charge < -0.3 is 15.3 Å². The summed E-state index contributed by atoms with van der Waals surface area (Å²) in [5.41, 5.74) is 3.31. The number of benzene rings is 3. The Morgan fingerprint density at radius 2 is 1.93 bits per heavy atom. The molecule has 0 fully saturated rings. The third-order valence-electron chi connectivity index (χ3n) is 6.46. The van der Waals surface area contributed by atoms with Gasteiger partial charge in [-0.3, -0.25) is 9.59 Å². The zero-order valence-electron chi connectivity index (χ0n) is 20.7. The number of carboxylic acids is 1. The molecule has 1 aromatic heterocycles. The molecule has 12 heteroatoms. The molecule has 0 aliphatic carbocycles. The number of aromatic nitrogens is 4. The van der Waals surface area contributed by atoms with Gasteiger partial charge in [0.2, 0.25) is 5.91 Å². The summed E-state index contributed by atoms with van der Waals surface area (Å²) in [4.78, 5) is 39.8. The monoisotopic (exact) mass is 553 g/mol. The van der Waals surface area contributed by atoms with E-state index >= 15 is 0 Å². The largest absolute Gasteiger partial charge is 0.478 e. The molecule has 0 saturated heterocycles. The molecular formula is C28H20ClN7O4. The lowest BCUT2D eigenvalue weighted by molar-refractivity contribution is -0.135. The van der Waals surface area contributed by atoms with Crippen LogP contribution in [0, 0.1) is 11.3 Å². The summed E-state index contributed by atoms with van der Waals surface area (Å²) < 4.78 is 1.44. The van der Waals surface area contributed by atoms with Crippen LogP contribution in [-0.2, 0) is 16.0 Å². The van der Waals surface area contributed by atoms with Crippen LogP contribution in [0.1, 0.15) is 38.7 Å². The highest BCUT2D eigenvalue weighted by Crippen LogP contribution is 2.33. The fraction of sp³-hybridized carbons (Fsp3) is 0.107. The molecule has 2 N–H and O–H groups in total. The zero-order valence-corrected chi connectivity index (χ0v) is 21.5. The Hall–Kier alpha value is -5.34. The SMILES string of the molecule is N#Cc1cccc2c1CCN(C(=O)/C=C/c1cc(Cl)ccc1-n1cnnn1)C2C(=O)Nc1ccc(C(=O)O)cc1. The highest BCUT2D eigenvalue weighted by molar-refractivity contribution is 6.30. The average Bonchev–Trinajstić information content (AvgIpc) is 3.50. The van der Waals surface area contributed by atoms with Crippen molar-refractivity contribution in [1.29, 1.82) is 5.26 Å².